The first kappa shape index (κ1) is 36.8. The largest absolute Gasteiger partial charge is 0.464 e. The van der Waals surface area contributed by atoms with E-state index in [1.54, 1.807) is 29.7 Å². The minimum Gasteiger partial charge on any atom is -0.464 e. The summed E-state index contributed by atoms with van der Waals surface area (Å²) in [6, 6.07) is 34.6. The van der Waals surface area contributed by atoms with Crippen LogP contribution >= 0.6 is 39.5 Å². The summed E-state index contributed by atoms with van der Waals surface area (Å²) in [5, 5.41) is 19.7. The van der Waals surface area contributed by atoms with Gasteiger partial charge in [-0.3, -0.25) is 14.5 Å². The van der Waals surface area contributed by atoms with Crippen LogP contribution < -0.4 is 0 Å². The molecule has 0 aliphatic heterocycles. The van der Waals surface area contributed by atoms with E-state index in [0.29, 0.717) is 6.54 Å². The topological polar surface area (TPSA) is 100 Å². The molecule has 0 radical (unpaired) electrons. The predicted octanol–water partition coefficient (Wildman–Crippen LogP) is 10.6. The molecule has 1 fully saturated rings. The molecule has 0 N–H and O–H groups in total. The van der Waals surface area contributed by atoms with Gasteiger partial charge < -0.3 is 8.98 Å². The zero-order valence-electron chi connectivity index (χ0n) is 29.6. The third kappa shape index (κ3) is 10.1. The number of furan rings is 1. The van der Waals surface area contributed by atoms with Crippen molar-refractivity contribution in [3.05, 3.63) is 143 Å². The summed E-state index contributed by atoms with van der Waals surface area (Å²) in [7, 11) is 0. The fourth-order valence-electron chi connectivity index (χ4n) is 6.27. The summed E-state index contributed by atoms with van der Waals surface area (Å²) >= 11 is 6.89. The van der Waals surface area contributed by atoms with E-state index in [1.807, 2.05) is 73.8 Å². The van der Waals surface area contributed by atoms with Gasteiger partial charge in [-0.25, -0.2) is 0 Å². The minimum absolute atomic E-state index is 0.565. The number of hydrogen-bond acceptors (Lipinski definition) is 9. The van der Waals surface area contributed by atoms with Gasteiger partial charge in [0.25, 0.3) is 0 Å². The van der Waals surface area contributed by atoms with Crippen LogP contribution in [-0.4, -0.2) is 39.5 Å². The molecule has 1 aliphatic carbocycles. The molecular weight excluding hydrogens is 765 g/mol. The Morgan fingerprint density at radius 2 is 1.23 bits per heavy atom. The minimum atomic E-state index is 0.565. The summed E-state index contributed by atoms with van der Waals surface area (Å²) in [5.41, 5.74) is 4.24. The van der Waals surface area contributed by atoms with Crippen molar-refractivity contribution in [3.63, 3.8) is 0 Å². The van der Waals surface area contributed by atoms with Crippen LogP contribution in [0.2, 0.25) is 0 Å². The number of hydrogen-bond donors (Lipinski definition) is 0. The van der Waals surface area contributed by atoms with E-state index in [1.165, 1.54) is 43.2 Å². The van der Waals surface area contributed by atoms with E-state index < -0.39 is 0 Å². The molecule has 0 bridgehead atoms. The van der Waals surface area contributed by atoms with Gasteiger partial charge in [0.15, 0.2) is 22.0 Å². The van der Waals surface area contributed by atoms with Crippen molar-refractivity contribution in [2.45, 2.75) is 73.9 Å². The van der Waals surface area contributed by atoms with Crippen LogP contribution in [-0.2, 0) is 24.6 Å². The zero-order chi connectivity index (χ0) is 36.2. The Balaban J connectivity index is 0.000000164. The van der Waals surface area contributed by atoms with Gasteiger partial charge in [-0.2, -0.15) is 0 Å². The maximum absolute atomic E-state index is 5.77. The highest BCUT2D eigenvalue weighted by Gasteiger charge is 2.21. The molecule has 12 heteroatoms. The lowest BCUT2D eigenvalue weighted by molar-refractivity contribution is 0.313. The van der Waals surface area contributed by atoms with Gasteiger partial charge in [-0.15, -0.1) is 20.4 Å². The van der Waals surface area contributed by atoms with Crippen molar-refractivity contribution in [3.8, 4) is 23.0 Å². The molecule has 0 saturated heterocycles. The van der Waals surface area contributed by atoms with Crippen molar-refractivity contribution in [2.75, 3.05) is 0 Å². The highest BCUT2D eigenvalue weighted by atomic mass is 79.9. The zero-order valence-corrected chi connectivity index (χ0v) is 32.8. The molecule has 53 heavy (non-hydrogen) atoms. The Labute approximate surface area is 327 Å². The standard InChI is InChI=1S/C21H24N4S.C20H17BrN4OS/c1-3-9-17(10-4-1)15-25-20(19-13-7-8-14-22-19)23-24-21(25)26-16-18-11-5-2-6-12-18;1-14-5-10-17(26-14)12-25-19(18-4-2-3-11-22-18)23-24-20(25)27-13-15-6-8-16(21)9-7-15/h2,5-8,11-14,17H,1,3-4,9-10,15-16H2;2-11H,12-13H2,1H3. The first-order valence-electron chi connectivity index (χ1n) is 17.9. The van der Waals surface area contributed by atoms with Gasteiger partial charge in [-0.1, -0.05) is 113 Å². The van der Waals surface area contributed by atoms with Crippen molar-refractivity contribution < 1.29 is 4.42 Å². The van der Waals surface area contributed by atoms with Crippen LogP contribution in [0.1, 0.15) is 54.8 Å². The molecule has 0 amide bonds. The lowest BCUT2D eigenvalue weighted by Crippen LogP contribution is -2.16. The number of aromatic nitrogens is 8. The van der Waals surface area contributed by atoms with Gasteiger partial charge in [0, 0.05) is 34.9 Å². The fraction of sp³-hybridized carbons (Fsp3) is 0.268. The molecule has 7 aromatic rings. The lowest BCUT2D eigenvalue weighted by atomic mass is 9.89. The van der Waals surface area contributed by atoms with Crippen molar-refractivity contribution in [1.82, 2.24) is 39.5 Å². The number of nitrogens with zero attached hydrogens (tertiary/aromatic N) is 8. The van der Waals surface area contributed by atoms with Crippen molar-refractivity contribution >= 4 is 39.5 Å². The Hall–Kier alpha value is -4.52. The molecule has 5 heterocycles. The third-order valence-electron chi connectivity index (χ3n) is 8.99. The number of halogens is 1. The Bertz CT molecular complexity index is 2150. The number of pyridine rings is 2. The average molecular weight is 806 g/mol. The van der Waals surface area contributed by atoms with Crippen molar-refractivity contribution in [2.24, 2.45) is 5.92 Å². The molecular formula is C41H41BrN8OS2. The number of benzene rings is 2. The Morgan fingerprint density at radius 1 is 0.642 bits per heavy atom. The molecule has 5 aromatic heterocycles. The quantitative estimate of drug-likeness (QED) is 0.112. The van der Waals surface area contributed by atoms with Crippen LogP contribution in [0.25, 0.3) is 23.0 Å². The average Bonchev–Trinajstić information content (AvgIpc) is 3.94. The van der Waals surface area contributed by atoms with Gasteiger partial charge in [0.2, 0.25) is 0 Å². The smallest absolute Gasteiger partial charge is 0.192 e. The van der Waals surface area contributed by atoms with E-state index >= 15 is 0 Å². The Kier molecular flexibility index (Phi) is 12.8. The molecule has 0 unspecified atom stereocenters. The second-order valence-corrected chi connectivity index (χ2v) is 15.7. The third-order valence-corrected chi connectivity index (χ3v) is 11.6. The van der Waals surface area contributed by atoms with Crippen LogP contribution in [0.4, 0.5) is 0 Å². The maximum Gasteiger partial charge on any atom is 0.192 e. The summed E-state index contributed by atoms with van der Waals surface area (Å²) in [5.74, 6) is 5.83. The molecule has 0 spiro atoms. The van der Waals surface area contributed by atoms with Crippen LogP contribution in [0.3, 0.4) is 0 Å². The van der Waals surface area contributed by atoms with Crippen LogP contribution in [0.15, 0.2) is 135 Å². The summed E-state index contributed by atoms with van der Waals surface area (Å²) in [4.78, 5) is 8.93. The van der Waals surface area contributed by atoms with Gasteiger partial charge in [0.1, 0.15) is 22.9 Å². The van der Waals surface area contributed by atoms with E-state index in [-0.39, 0.29) is 0 Å². The second-order valence-electron chi connectivity index (χ2n) is 12.9. The molecule has 9 nitrogen and oxygen atoms in total. The monoisotopic (exact) mass is 804 g/mol. The maximum atomic E-state index is 5.77. The second kappa shape index (κ2) is 18.5. The molecule has 1 saturated carbocycles. The van der Waals surface area contributed by atoms with Gasteiger partial charge >= 0.3 is 0 Å². The number of aryl methyl sites for hydroxylation is 1. The lowest BCUT2D eigenvalue weighted by Gasteiger charge is -2.23. The molecule has 2 aromatic carbocycles. The summed E-state index contributed by atoms with van der Waals surface area (Å²) in [6.07, 6.45) is 10.3. The van der Waals surface area contributed by atoms with Crippen LogP contribution in [0.5, 0.6) is 0 Å². The number of rotatable bonds is 12. The summed E-state index contributed by atoms with van der Waals surface area (Å²) in [6.45, 7) is 3.50. The highest BCUT2D eigenvalue weighted by molar-refractivity contribution is 9.10. The Morgan fingerprint density at radius 3 is 1.81 bits per heavy atom. The van der Waals surface area contributed by atoms with E-state index in [4.69, 9.17) is 4.42 Å². The van der Waals surface area contributed by atoms with Crippen LogP contribution in [0, 0.1) is 12.8 Å². The van der Waals surface area contributed by atoms with Gasteiger partial charge in [0.05, 0.1) is 6.54 Å². The van der Waals surface area contributed by atoms with E-state index in [0.717, 1.165) is 73.3 Å². The van der Waals surface area contributed by atoms with Crippen molar-refractivity contribution in [1.29, 1.82) is 0 Å². The fourth-order valence-corrected chi connectivity index (χ4v) is 8.33. The summed E-state index contributed by atoms with van der Waals surface area (Å²) < 4.78 is 11.2. The molecule has 0 atom stereocenters. The molecule has 1 aliphatic rings. The molecule has 270 valence electrons. The van der Waals surface area contributed by atoms with E-state index in [9.17, 15) is 0 Å². The molecule has 8 rings (SSSR count). The first-order valence-corrected chi connectivity index (χ1v) is 20.6. The highest BCUT2D eigenvalue weighted by Crippen LogP contribution is 2.31. The number of thioether (sulfide) groups is 2. The van der Waals surface area contributed by atoms with E-state index in [2.05, 4.69) is 97.9 Å². The van der Waals surface area contributed by atoms with Gasteiger partial charge in [-0.05, 0) is 85.3 Å². The predicted molar refractivity (Wildman–Crippen MR) is 215 cm³/mol. The SMILES string of the molecule is Cc1ccc(Cn2c(SCc3ccc(Br)cc3)nnc2-c2ccccn2)o1.c1ccc(CSc2nnc(-c3ccccn3)n2CC2CCCCC2)cc1. The normalized spacial score (nSPS) is 13.1. The first-order chi connectivity index (χ1) is 26.1.